The van der Waals surface area contributed by atoms with Crippen LogP contribution < -0.4 is 14.2 Å². The maximum absolute atomic E-state index is 12.7. The molecule has 1 aromatic rings. The summed E-state index contributed by atoms with van der Waals surface area (Å²) in [4.78, 5) is 12.7. The average molecular weight is 848 g/mol. The van der Waals surface area contributed by atoms with Gasteiger partial charge in [-0.2, -0.15) is 0 Å². The molecule has 20 heteroatoms. The maximum Gasteiger partial charge on any atom is 0.338 e. The Morgan fingerprint density at radius 3 is 1.09 bits per heavy atom. The van der Waals surface area contributed by atoms with Gasteiger partial charge in [0, 0.05) is 36.5 Å². The van der Waals surface area contributed by atoms with E-state index in [0.717, 1.165) is 0 Å². The number of nitrogens with zero attached hydrogens (tertiary/aromatic N) is 3. The monoisotopic (exact) mass is 847 g/mol. The number of esters is 1. The summed E-state index contributed by atoms with van der Waals surface area (Å²) in [6, 6.07) is 3.09. The van der Waals surface area contributed by atoms with Gasteiger partial charge in [0.2, 0.25) is 5.75 Å². The second-order valence-corrected chi connectivity index (χ2v) is 20.5. The summed E-state index contributed by atoms with van der Waals surface area (Å²) in [7, 11) is 0.573. The van der Waals surface area contributed by atoms with Crippen LogP contribution in [-0.4, -0.2) is 184 Å². The summed E-state index contributed by atoms with van der Waals surface area (Å²) in [6.07, 6.45) is 4.45. The molecule has 0 fully saturated rings. The smallest absolute Gasteiger partial charge is 0.338 e. The van der Waals surface area contributed by atoms with E-state index in [9.17, 15) is 43.7 Å². The number of unbranched alkanes of at least 4 members (excludes halogenated alkanes) is 3. The Labute approximate surface area is 329 Å². The molecule has 0 aliphatic heterocycles. The van der Waals surface area contributed by atoms with Gasteiger partial charge in [-0.25, -0.2) is 30.0 Å². The zero-order chi connectivity index (χ0) is 42.0. The molecule has 0 saturated heterocycles. The Balaban J connectivity index is 3.09. The predicted octanol–water partition coefficient (Wildman–Crippen LogP) is 1.99. The van der Waals surface area contributed by atoms with Gasteiger partial charge in [-0.3, -0.25) is 0 Å². The Bertz CT molecular complexity index is 1570. The normalized spacial score (nSPS) is 13.1. The van der Waals surface area contributed by atoms with Crippen LogP contribution in [0.2, 0.25) is 0 Å². The summed E-state index contributed by atoms with van der Waals surface area (Å²) < 4.78 is 124. The lowest BCUT2D eigenvalue weighted by Crippen LogP contribution is -2.42. The lowest BCUT2D eigenvalue weighted by atomic mass is 10.1. The molecule has 0 amide bonds. The summed E-state index contributed by atoms with van der Waals surface area (Å²) >= 11 is 0. The fraction of sp³-hybridized carbons (Fsp3) is 0.800. The maximum atomic E-state index is 12.7. The van der Waals surface area contributed by atoms with Gasteiger partial charge >= 0.3 is 5.97 Å². The van der Waals surface area contributed by atoms with Gasteiger partial charge in [0.25, 0.3) is 0 Å². The third-order valence-corrected chi connectivity index (χ3v) is 11.5. The first-order valence-electron chi connectivity index (χ1n) is 18.6. The molecular weight excluding hydrogens is 783 g/mol. The zero-order valence-corrected chi connectivity index (χ0v) is 36.2. The fourth-order valence-electron chi connectivity index (χ4n) is 5.98. The van der Waals surface area contributed by atoms with E-state index in [0.29, 0.717) is 128 Å². The Kier molecular flexibility index (Phi) is 21.4. The molecule has 0 saturated carbocycles. The molecule has 322 valence electrons. The molecule has 55 heavy (non-hydrogen) atoms. The van der Waals surface area contributed by atoms with Crippen LogP contribution in [0.5, 0.6) is 17.2 Å². The summed E-state index contributed by atoms with van der Waals surface area (Å²) in [5.74, 6) is -0.860. The van der Waals surface area contributed by atoms with Gasteiger partial charge < -0.3 is 46.1 Å². The van der Waals surface area contributed by atoms with E-state index in [2.05, 4.69) is 0 Å². The fourth-order valence-corrected chi connectivity index (χ4v) is 7.65. The number of carbonyl (C=O) groups excluding carboxylic acids is 1. The number of hydrogen-bond donors (Lipinski definition) is 0. The standard InChI is InChI=1S/C35H65N3O14S3/c1-36(2,17-8-11-26-53(40,41)42)20-14-23-50-32-29-31(35(39)49-7)30-33(51-24-15-21-37(3,4)18-9-12-27-54(43,44)45)34(32)52-25-16-22-38(5,6)19-10-13-28-55(46,47)48/h29-30H,8-28H2,1-7H3. The molecule has 0 heterocycles. The average Bonchev–Trinajstić information content (AvgIpc) is 3.04. The molecular formula is C35H65N3O14S3. The third kappa shape index (κ3) is 25.5. The van der Waals surface area contributed by atoms with Crippen molar-refractivity contribution in [2.24, 2.45) is 0 Å². The number of rotatable bonds is 31. The molecule has 0 aliphatic rings. The Hall–Kier alpha value is -2.30. The third-order valence-electron chi connectivity index (χ3n) is 9.15. The Morgan fingerprint density at radius 2 is 0.800 bits per heavy atom. The van der Waals surface area contributed by atoms with Crippen molar-refractivity contribution in [1.82, 2.24) is 0 Å². The van der Waals surface area contributed by atoms with Crippen molar-refractivity contribution < 1.29 is 76.1 Å². The van der Waals surface area contributed by atoms with E-state index in [1.54, 1.807) is 12.1 Å². The Morgan fingerprint density at radius 1 is 0.509 bits per heavy atom. The first-order chi connectivity index (χ1) is 25.2. The van der Waals surface area contributed by atoms with E-state index < -0.39 is 36.3 Å². The minimum absolute atomic E-state index is 0.201. The van der Waals surface area contributed by atoms with E-state index in [4.69, 9.17) is 18.9 Å². The highest BCUT2D eigenvalue weighted by atomic mass is 32.2. The summed E-state index contributed by atoms with van der Waals surface area (Å²) in [5, 5.41) is 0. The van der Waals surface area contributed by atoms with Crippen LogP contribution in [0, 0.1) is 0 Å². The highest BCUT2D eigenvalue weighted by Crippen LogP contribution is 2.40. The number of quaternary nitrogens is 3. The quantitative estimate of drug-likeness (QED) is 0.0451. The molecule has 0 N–H and O–H groups in total. The van der Waals surface area contributed by atoms with Crippen LogP contribution in [0.1, 0.15) is 68.1 Å². The largest absolute Gasteiger partial charge is 0.748 e. The van der Waals surface area contributed by atoms with Crippen LogP contribution in [0.15, 0.2) is 12.1 Å². The van der Waals surface area contributed by atoms with Crippen molar-refractivity contribution in [3.63, 3.8) is 0 Å². The molecule has 0 bridgehead atoms. The molecule has 0 unspecified atom stereocenters. The van der Waals surface area contributed by atoms with Gasteiger partial charge in [0.05, 0.1) is 144 Å². The number of ether oxygens (including phenoxy) is 4. The molecule has 0 spiro atoms. The second-order valence-electron chi connectivity index (χ2n) is 16.0. The van der Waals surface area contributed by atoms with Crippen LogP contribution in [0.3, 0.4) is 0 Å². The molecule has 0 aliphatic carbocycles. The molecule has 1 aromatic carbocycles. The number of benzene rings is 1. The van der Waals surface area contributed by atoms with Crippen molar-refractivity contribution in [3.8, 4) is 17.2 Å². The van der Waals surface area contributed by atoms with Gasteiger partial charge in [-0.15, -0.1) is 0 Å². The first kappa shape index (κ1) is 50.7. The molecule has 0 atom stereocenters. The number of carbonyl (C=O) groups is 1. The number of methoxy groups -OCH3 is 1. The minimum atomic E-state index is -4.25. The van der Waals surface area contributed by atoms with E-state index in [1.165, 1.54) is 7.11 Å². The van der Waals surface area contributed by atoms with Crippen molar-refractivity contribution in [1.29, 1.82) is 0 Å². The van der Waals surface area contributed by atoms with E-state index >= 15 is 0 Å². The predicted molar refractivity (Wildman–Crippen MR) is 205 cm³/mol. The zero-order valence-electron chi connectivity index (χ0n) is 33.8. The highest BCUT2D eigenvalue weighted by molar-refractivity contribution is 7.86. The van der Waals surface area contributed by atoms with Crippen molar-refractivity contribution in [2.45, 2.75) is 57.8 Å². The lowest BCUT2D eigenvalue weighted by Gasteiger charge is -2.30. The van der Waals surface area contributed by atoms with Gasteiger partial charge in [0.1, 0.15) is 0 Å². The molecule has 17 nitrogen and oxygen atoms in total. The topological polar surface area (TPSA) is 226 Å². The van der Waals surface area contributed by atoms with Gasteiger partial charge in [-0.1, -0.05) is 0 Å². The lowest BCUT2D eigenvalue weighted by molar-refractivity contribution is -0.890. The van der Waals surface area contributed by atoms with E-state index in [-0.39, 0.29) is 42.6 Å². The molecule has 1 rings (SSSR count). The minimum Gasteiger partial charge on any atom is -0.748 e. The van der Waals surface area contributed by atoms with Crippen molar-refractivity contribution >= 4 is 36.3 Å². The van der Waals surface area contributed by atoms with E-state index in [1.807, 2.05) is 42.3 Å². The summed E-state index contributed by atoms with van der Waals surface area (Å²) in [5.41, 5.74) is 0.201. The molecule has 0 aromatic heterocycles. The van der Waals surface area contributed by atoms with Crippen molar-refractivity contribution in [2.75, 3.05) is 126 Å². The van der Waals surface area contributed by atoms with Gasteiger partial charge in [0.15, 0.2) is 11.5 Å². The SMILES string of the molecule is COC(=O)c1cc(OCCC[N+](C)(C)CCCCS(=O)(=O)[O-])c(OCCC[N+](C)(C)CCCCS(=O)(=O)[O-])c(OCCC[N+](C)(C)CCCCS(=O)(=O)[O-])c1. The highest BCUT2D eigenvalue weighted by Gasteiger charge is 2.22. The van der Waals surface area contributed by atoms with Gasteiger partial charge in [-0.05, 0) is 50.7 Å². The van der Waals surface area contributed by atoms with Crippen LogP contribution in [0.25, 0.3) is 0 Å². The van der Waals surface area contributed by atoms with Crippen LogP contribution in [0.4, 0.5) is 0 Å². The molecule has 0 radical (unpaired) electrons. The van der Waals surface area contributed by atoms with Crippen molar-refractivity contribution in [3.05, 3.63) is 17.7 Å². The van der Waals surface area contributed by atoms with Crippen LogP contribution in [-0.2, 0) is 35.1 Å². The second kappa shape index (κ2) is 23.2. The summed E-state index contributed by atoms with van der Waals surface area (Å²) in [6.45, 7) is 4.88. The number of hydrogen-bond acceptors (Lipinski definition) is 14. The van der Waals surface area contributed by atoms with Crippen LogP contribution >= 0.6 is 0 Å². The first-order valence-corrected chi connectivity index (χ1v) is 23.4.